The highest BCUT2D eigenvalue weighted by Gasteiger charge is 2.50. The van der Waals surface area contributed by atoms with Crippen molar-refractivity contribution in [1.82, 2.24) is 4.98 Å². The van der Waals surface area contributed by atoms with Gasteiger partial charge >= 0.3 is 0 Å². The highest BCUT2D eigenvalue weighted by molar-refractivity contribution is 6.79. The summed E-state index contributed by atoms with van der Waals surface area (Å²) in [7, 11) is -1.61. The summed E-state index contributed by atoms with van der Waals surface area (Å²) in [5.41, 5.74) is 6.35. The van der Waals surface area contributed by atoms with E-state index in [2.05, 4.69) is 73.5 Å². The molecule has 0 aromatic heterocycles. The lowest BCUT2D eigenvalue weighted by atomic mass is 9.98. The monoisotopic (exact) mass is 265 g/mol. The summed E-state index contributed by atoms with van der Waals surface area (Å²) in [5, 5.41) is 0.244. The third-order valence-corrected chi connectivity index (χ3v) is 9.75. The van der Waals surface area contributed by atoms with E-state index >= 15 is 0 Å². The van der Waals surface area contributed by atoms with Crippen molar-refractivity contribution in [3.05, 3.63) is 22.3 Å². The van der Waals surface area contributed by atoms with Gasteiger partial charge in [0.15, 0.2) is 0 Å². The Hall–Kier alpha value is -0.343. The first-order chi connectivity index (χ1) is 7.84. The molecule has 1 aliphatic rings. The van der Waals surface area contributed by atoms with E-state index in [-0.39, 0.29) is 10.6 Å². The zero-order chi connectivity index (χ0) is 14.5. The molecule has 18 heavy (non-hydrogen) atoms. The first-order valence-electron chi connectivity index (χ1n) is 7.00. The molecule has 0 amide bonds. The molecule has 1 aliphatic carbocycles. The van der Waals surface area contributed by atoms with Crippen molar-refractivity contribution in [2.24, 2.45) is 0 Å². The van der Waals surface area contributed by atoms with Gasteiger partial charge in [-0.2, -0.15) is 0 Å². The van der Waals surface area contributed by atoms with Gasteiger partial charge in [0.05, 0.1) is 0 Å². The fourth-order valence-corrected chi connectivity index (χ4v) is 7.97. The third-order valence-electron chi connectivity index (χ3n) is 5.12. The Labute approximate surface area is 115 Å². The van der Waals surface area contributed by atoms with Crippen LogP contribution in [0.5, 0.6) is 0 Å². The van der Waals surface area contributed by atoms with Gasteiger partial charge in [0.25, 0.3) is 0 Å². The van der Waals surface area contributed by atoms with Crippen molar-refractivity contribution < 1.29 is 0 Å². The zero-order valence-corrected chi connectivity index (χ0v) is 15.0. The average Bonchev–Trinajstić information content (AvgIpc) is 2.32. The Morgan fingerprint density at radius 2 is 1.22 bits per heavy atom. The molecule has 0 unspecified atom stereocenters. The molecule has 1 N–H and O–H groups in total. The van der Waals surface area contributed by atoms with E-state index in [4.69, 9.17) is 0 Å². The molecule has 2 heteroatoms. The SMILES string of the molecule is CC1=C(C)C(C)([Si](C)(C)NC(C)(C)C)C(C)=C1C. The van der Waals surface area contributed by atoms with E-state index in [0.29, 0.717) is 0 Å². The van der Waals surface area contributed by atoms with Gasteiger partial charge in [-0.1, -0.05) is 31.2 Å². The van der Waals surface area contributed by atoms with Crippen molar-refractivity contribution in [2.45, 2.75) is 79.1 Å². The maximum atomic E-state index is 3.95. The quantitative estimate of drug-likeness (QED) is 0.691. The third kappa shape index (κ3) is 2.25. The molecular formula is C16H31NSi. The van der Waals surface area contributed by atoms with Crippen LogP contribution in [0.3, 0.4) is 0 Å². The van der Waals surface area contributed by atoms with Gasteiger partial charge in [-0.05, 0) is 59.6 Å². The molecule has 1 nitrogen and oxygen atoms in total. The lowest BCUT2D eigenvalue weighted by Crippen LogP contribution is -2.61. The van der Waals surface area contributed by atoms with Crippen LogP contribution in [0.2, 0.25) is 18.1 Å². The summed E-state index contributed by atoms with van der Waals surface area (Å²) >= 11 is 0. The molecular weight excluding hydrogens is 234 g/mol. The van der Waals surface area contributed by atoms with Gasteiger partial charge in [0, 0.05) is 10.6 Å². The topological polar surface area (TPSA) is 12.0 Å². The van der Waals surface area contributed by atoms with E-state index in [1.165, 1.54) is 11.1 Å². The second-order valence-electron chi connectivity index (χ2n) is 7.62. The highest BCUT2D eigenvalue weighted by atomic mass is 28.3. The average molecular weight is 266 g/mol. The van der Waals surface area contributed by atoms with Gasteiger partial charge in [-0.3, -0.25) is 0 Å². The van der Waals surface area contributed by atoms with Crippen LogP contribution in [0.4, 0.5) is 0 Å². The molecule has 104 valence electrons. The summed E-state index contributed by atoms with van der Waals surface area (Å²) in [6.07, 6.45) is 0. The molecule has 0 radical (unpaired) electrons. The molecule has 0 saturated heterocycles. The minimum atomic E-state index is -1.61. The molecule has 0 aliphatic heterocycles. The van der Waals surface area contributed by atoms with Crippen molar-refractivity contribution >= 4 is 8.24 Å². The number of rotatable bonds is 2. The van der Waals surface area contributed by atoms with Crippen molar-refractivity contribution in [2.75, 3.05) is 0 Å². The highest BCUT2D eigenvalue weighted by Crippen LogP contribution is 2.57. The standard InChI is InChI=1S/C16H31NSi/c1-11-12(2)14(4)16(8,13(11)3)18(9,10)17-15(5,6)7/h17H,1-10H3. The Kier molecular flexibility index (Phi) is 3.79. The Morgan fingerprint density at radius 1 is 0.889 bits per heavy atom. The Bertz CT molecular complexity index is 395. The van der Waals surface area contributed by atoms with Crippen molar-refractivity contribution in [3.8, 4) is 0 Å². The minimum Gasteiger partial charge on any atom is -0.332 e. The molecule has 0 aromatic rings. The van der Waals surface area contributed by atoms with E-state index < -0.39 is 8.24 Å². The van der Waals surface area contributed by atoms with Crippen LogP contribution in [-0.2, 0) is 0 Å². The van der Waals surface area contributed by atoms with Crippen molar-refractivity contribution in [1.29, 1.82) is 0 Å². The van der Waals surface area contributed by atoms with Crippen LogP contribution in [0, 0.1) is 0 Å². The Balaban J connectivity index is 3.32. The number of nitrogens with one attached hydrogen (secondary N) is 1. The molecule has 0 bridgehead atoms. The van der Waals surface area contributed by atoms with Gasteiger partial charge in [-0.25, -0.2) is 0 Å². The zero-order valence-electron chi connectivity index (χ0n) is 14.0. The fourth-order valence-electron chi connectivity index (χ4n) is 3.59. The van der Waals surface area contributed by atoms with Crippen LogP contribution in [0.15, 0.2) is 22.3 Å². The summed E-state index contributed by atoms with van der Waals surface area (Å²) in [6.45, 7) is 23.4. The molecule has 0 aromatic carbocycles. The predicted octanol–water partition coefficient (Wildman–Crippen LogP) is 5.03. The lowest BCUT2D eigenvalue weighted by Gasteiger charge is -2.47. The second-order valence-corrected chi connectivity index (χ2v) is 12.1. The maximum absolute atomic E-state index is 3.95. The Morgan fingerprint density at radius 3 is 1.50 bits per heavy atom. The summed E-state index contributed by atoms with van der Waals surface area (Å²) in [6, 6.07) is 0. The lowest BCUT2D eigenvalue weighted by molar-refractivity contribution is 0.500. The second kappa shape index (κ2) is 4.34. The molecule has 0 atom stereocenters. The summed E-state index contributed by atoms with van der Waals surface area (Å²) in [4.78, 5) is 3.95. The molecule has 0 fully saturated rings. The largest absolute Gasteiger partial charge is 0.332 e. The molecule has 0 saturated carbocycles. The maximum Gasteiger partial charge on any atom is 0.134 e. The smallest absolute Gasteiger partial charge is 0.134 e. The van der Waals surface area contributed by atoms with E-state index in [1.807, 2.05) is 0 Å². The molecule has 1 rings (SSSR count). The first-order valence-corrected chi connectivity index (χ1v) is 10.0. The van der Waals surface area contributed by atoms with Crippen LogP contribution in [0.1, 0.15) is 55.4 Å². The van der Waals surface area contributed by atoms with E-state index in [0.717, 1.165) is 0 Å². The number of hydrogen-bond acceptors (Lipinski definition) is 1. The van der Waals surface area contributed by atoms with Crippen LogP contribution < -0.4 is 4.98 Å². The van der Waals surface area contributed by atoms with E-state index in [1.54, 1.807) is 11.1 Å². The molecule has 0 heterocycles. The normalized spacial score (nSPS) is 21.0. The van der Waals surface area contributed by atoms with E-state index in [9.17, 15) is 0 Å². The van der Waals surface area contributed by atoms with Gasteiger partial charge < -0.3 is 4.98 Å². The van der Waals surface area contributed by atoms with Gasteiger partial charge in [0.1, 0.15) is 8.24 Å². The predicted molar refractivity (Wildman–Crippen MR) is 85.5 cm³/mol. The minimum absolute atomic E-state index is 0.184. The van der Waals surface area contributed by atoms with Gasteiger partial charge in [0.2, 0.25) is 0 Å². The fraction of sp³-hybridized carbons (Fsp3) is 0.750. The van der Waals surface area contributed by atoms with Crippen LogP contribution in [0.25, 0.3) is 0 Å². The first kappa shape index (κ1) is 15.7. The number of hydrogen-bond donors (Lipinski definition) is 1. The van der Waals surface area contributed by atoms with Crippen LogP contribution in [-0.4, -0.2) is 13.8 Å². The van der Waals surface area contributed by atoms with Crippen molar-refractivity contribution in [3.63, 3.8) is 0 Å². The van der Waals surface area contributed by atoms with Crippen LogP contribution >= 0.6 is 0 Å². The number of allylic oxidation sites excluding steroid dienone is 4. The summed E-state index contributed by atoms with van der Waals surface area (Å²) in [5.74, 6) is 0. The summed E-state index contributed by atoms with van der Waals surface area (Å²) < 4.78 is 0. The van der Waals surface area contributed by atoms with Gasteiger partial charge in [-0.15, -0.1) is 0 Å². The molecule has 0 spiro atoms.